The molecule has 0 radical (unpaired) electrons. The van der Waals surface area contributed by atoms with Gasteiger partial charge in [-0.15, -0.1) is 5.10 Å². The van der Waals surface area contributed by atoms with Crippen LogP contribution in [-0.4, -0.2) is 20.9 Å². The van der Waals surface area contributed by atoms with Gasteiger partial charge in [0.25, 0.3) is 5.91 Å². The quantitative estimate of drug-likeness (QED) is 0.549. The molecular formula is C25H24N4O. The minimum atomic E-state index is -0.0633. The zero-order chi connectivity index (χ0) is 20.5. The van der Waals surface area contributed by atoms with E-state index in [1.165, 1.54) is 22.3 Å². The van der Waals surface area contributed by atoms with Crippen LogP contribution in [0.5, 0.6) is 0 Å². The maximum atomic E-state index is 12.9. The molecule has 0 fully saturated rings. The van der Waals surface area contributed by atoms with Gasteiger partial charge in [-0.3, -0.25) is 4.79 Å². The highest BCUT2D eigenvalue weighted by molar-refractivity contribution is 5.97. The van der Waals surface area contributed by atoms with Crippen LogP contribution in [0.3, 0.4) is 0 Å². The number of nitrogens with one attached hydrogen (secondary N) is 1. The van der Waals surface area contributed by atoms with Crippen molar-refractivity contribution in [3.63, 3.8) is 0 Å². The number of fused-ring (bicyclic) bond motifs is 2. The second kappa shape index (κ2) is 7.75. The summed E-state index contributed by atoms with van der Waals surface area (Å²) in [6, 6.07) is 22.5. The Balaban J connectivity index is 1.35. The van der Waals surface area contributed by atoms with Crippen LogP contribution in [0.1, 0.15) is 51.5 Å². The van der Waals surface area contributed by atoms with Crippen molar-refractivity contribution in [3.8, 4) is 0 Å². The summed E-state index contributed by atoms with van der Waals surface area (Å²) in [6.07, 6.45) is 3.14. The summed E-state index contributed by atoms with van der Waals surface area (Å²) in [4.78, 5) is 12.9. The molecular weight excluding hydrogens is 372 g/mol. The van der Waals surface area contributed by atoms with E-state index in [-0.39, 0.29) is 11.9 Å². The van der Waals surface area contributed by atoms with E-state index in [0.717, 1.165) is 30.3 Å². The van der Waals surface area contributed by atoms with Crippen molar-refractivity contribution in [3.05, 3.63) is 94.5 Å². The summed E-state index contributed by atoms with van der Waals surface area (Å²) in [5.41, 5.74) is 7.26. The average Bonchev–Trinajstić information content (AvgIpc) is 3.17. The van der Waals surface area contributed by atoms with E-state index < -0.39 is 0 Å². The number of carbonyl (C=O) groups is 1. The van der Waals surface area contributed by atoms with Gasteiger partial charge in [0.15, 0.2) is 0 Å². The fourth-order valence-corrected chi connectivity index (χ4v) is 4.24. The van der Waals surface area contributed by atoms with E-state index in [0.29, 0.717) is 12.1 Å². The van der Waals surface area contributed by atoms with Crippen LogP contribution in [-0.2, 0) is 13.0 Å². The number of aryl methyl sites for hydroxylation is 2. The normalized spacial score (nSPS) is 15.7. The third kappa shape index (κ3) is 3.59. The number of rotatable bonds is 4. The van der Waals surface area contributed by atoms with Gasteiger partial charge in [-0.25, -0.2) is 4.68 Å². The predicted molar refractivity (Wildman–Crippen MR) is 117 cm³/mol. The van der Waals surface area contributed by atoms with Crippen LogP contribution in [0.4, 0.5) is 0 Å². The average molecular weight is 396 g/mol. The first kappa shape index (κ1) is 18.6. The molecule has 1 aromatic heterocycles. The van der Waals surface area contributed by atoms with Crippen LogP contribution < -0.4 is 5.32 Å². The monoisotopic (exact) mass is 396 g/mol. The highest BCUT2D eigenvalue weighted by atomic mass is 16.1. The van der Waals surface area contributed by atoms with Gasteiger partial charge in [0.05, 0.1) is 18.1 Å². The van der Waals surface area contributed by atoms with Crippen molar-refractivity contribution >= 4 is 16.9 Å². The van der Waals surface area contributed by atoms with E-state index in [4.69, 9.17) is 0 Å². The Kier molecular flexibility index (Phi) is 4.79. The van der Waals surface area contributed by atoms with Crippen molar-refractivity contribution in [1.82, 2.24) is 20.3 Å². The summed E-state index contributed by atoms with van der Waals surface area (Å²) in [5, 5.41) is 11.8. The fourth-order valence-electron chi connectivity index (χ4n) is 4.24. The molecule has 5 heteroatoms. The van der Waals surface area contributed by atoms with Gasteiger partial charge < -0.3 is 5.32 Å². The molecule has 0 spiro atoms. The smallest absolute Gasteiger partial charge is 0.251 e. The van der Waals surface area contributed by atoms with Crippen molar-refractivity contribution in [2.24, 2.45) is 0 Å². The molecule has 1 atom stereocenters. The minimum absolute atomic E-state index is 0.0633. The summed E-state index contributed by atoms with van der Waals surface area (Å²) in [5.74, 6) is -0.0633. The van der Waals surface area contributed by atoms with Gasteiger partial charge in [0.2, 0.25) is 0 Å². The number of hydrogen-bond acceptors (Lipinski definition) is 3. The Labute approximate surface area is 175 Å². The molecule has 1 heterocycles. The van der Waals surface area contributed by atoms with Gasteiger partial charge >= 0.3 is 0 Å². The van der Waals surface area contributed by atoms with Gasteiger partial charge in [-0.1, -0.05) is 59.3 Å². The van der Waals surface area contributed by atoms with Crippen molar-refractivity contribution in [2.45, 2.75) is 38.8 Å². The maximum Gasteiger partial charge on any atom is 0.251 e. The molecule has 0 aliphatic heterocycles. The number of carbonyl (C=O) groups excluding carboxylic acids is 1. The number of aromatic nitrogens is 3. The second-order valence-corrected chi connectivity index (χ2v) is 8.05. The summed E-state index contributed by atoms with van der Waals surface area (Å²) in [6.45, 7) is 2.73. The molecule has 1 aliphatic carbocycles. The standard InChI is InChI=1S/C25H24N4O/c1-17-9-11-18(12-10-17)16-29-24-14-13-20(15-23(24)27-28-29)25(30)26-22-8-4-6-19-5-2-3-7-21(19)22/h2-3,5,7,9-15,22H,4,6,8,16H2,1H3,(H,26,30)/t22-/m0/s1. The van der Waals surface area contributed by atoms with E-state index in [1.807, 2.05) is 28.9 Å². The molecule has 1 amide bonds. The summed E-state index contributed by atoms with van der Waals surface area (Å²) < 4.78 is 1.87. The molecule has 4 aromatic rings. The Hall–Kier alpha value is -3.47. The second-order valence-electron chi connectivity index (χ2n) is 8.05. The molecule has 5 nitrogen and oxygen atoms in total. The van der Waals surface area contributed by atoms with Crippen LogP contribution in [0.2, 0.25) is 0 Å². The molecule has 1 N–H and O–H groups in total. The predicted octanol–water partition coefficient (Wildman–Crippen LogP) is 4.60. The first-order valence-electron chi connectivity index (χ1n) is 10.4. The maximum absolute atomic E-state index is 12.9. The third-order valence-corrected chi connectivity index (χ3v) is 5.90. The topological polar surface area (TPSA) is 59.8 Å². The van der Waals surface area contributed by atoms with Crippen LogP contribution >= 0.6 is 0 Å². The molecule has 0 saturated heterocycles. The van der Waals surface area contributed by atoms with Crippen molar-refractivity contribution in [2.75, 3.05) is 0 Å². The number of benzene rings is 3. The minimum Gasteiger partial charge on any atom is -0.345 e. The first-order valence-corrected chi connectivity index (χ1v) is 10.4. The van der Waals surface area contributed by atoms with Gasteiger partial charge in [-0.2, -0.15) is 0 Å². The molecule has 5 rings (SSSR count). The highest BCUT2D eigenvalue weighted by Crippen LogP contribution is 2.29. The van der Waals surface area contributed by atoms with Crippen LogP contribution in [0.15, 0.2) is 66.7 Å². The fraction of sp³-hybridized carbons (Fsp3) is 0.240. The molecule has 0 bridgehead atoms. The van der Waals surface area contributed by atoms with E-state index in [2.05, 4.69) is 65.0 Å². The van der Waals surface area contributed by atoms with E-state index in [9.17, 15) is 4.79 Å². The van der Waals surface area contributed by atoms with Gasteiger partial charge in [-0.05, 0) is 61.1 Å². The van der Waals surface area contributed by atoms with E-state index >= 15 is 0 Å². The largest absolute Gasteiger partial charge is 0.345 e. The summed E-state index contributed by atoms with van der Waals surface area (Å²) >= 11 is 0. The van der Waals surface area contributed by atoms with Crippen molar-refractivity contribution in [1.29, 1.82) is 0 Å². The van der Waals surface area contributed by atoms with Gasteiger partial charge in [0.1, 0.15) is 5.52 Å². The lowest BCUT2D eigenvalue weighted by Crippen LogP contribution is -2.30. The summed E-state index contributed by atoms with van der Waals surface area (Å²) in [7, 11) is 0. The molecule has 0 unspecified atom stereocenters. The SMILES string of the molecule is Cc1ccc(Cn2nnc3cc(C(=O)N[C@H]4CCCc5ccccc54)ccc32)cc1. The van der Waals surface area contributed by atoms with Crippen LogP contribution in [0, 0.1) is 6.92 Å². The zero-order valence-corrected chi connectivity index (χ0v) is 17.0. The molecule has 1 aliphatic rings. The lowest BCUT2D eigenvalue weighted by atomic mass is 9.87. The Morgan fingerprint density at radius 1 is 1.10 bits per heavy atom. The third-order valence-electron chi connectivity index (χ3n) is 5.90. The number of hydrogen-bond donors (Lipinski definition) is 1. The zero-order valence-electron chi connectivity index (χ0n) is 17.0. The number of amides is 1. The van der Waals surface area contributed by atoms with E-state index in [1.54, 1.807) is 0 Å². The van der Waals surface area contributed by atoms with Crippen molar-refractivity contribution < 1.29 is 4.79 Å². The first-order chi connectivity index (χ1) is 14.7. The van der Waals surface area contributed by atoms with Crippen LogP contribution in [0.25, 0.3) is 11.0 Å². The Bertz CT molecular complexity index is 1210. The highest BCUT2D eigenvalue weighted by Gasteiger charge is 2.22. The number of nitrogens with zero attached hydrogens (tertiary/aromatic N) is 3. The lowest BCUT2D eigenvalue weighted by Gasteiger charge is -2.26. The molecule has 150 valence electrons. The molecule has 30 heavy (non-hydrogen) atoms. The molecule has 3 aromatic carbocycles. The Morgan fingerprint density at radius 2 is 1.93 bits per heavy atom. The Morgan fingerprint density at radius 3 is 2.80 bits per heavy atom. The van der Waals surface area contributed by atoms with Gasteiger partial charge in [0, 0.05) is 5.56 Å². The lowest BCUT2D eigenvalue weighted by molar-refractivity contribution is 0.0933. The molecule has 0 saturated carbocycles.